The Bertz CT molecular complexity index is 706. The van der Waals surface area contributed by atoms with Crippen LogP contribution in [0.25, 0.3) is 6.08 Å². The monoisotopic (exact) mass is 336 g/mol. The molecule has 0 bridgehead atoms. The molecule has 1 aliphatic carbocycles. The zero-order valence-corrected chi connectivity index (χ0v) is 12.4. The Balaban J connectivity index is 2.02. The van der Waals surface area contributed by atoms with Gasteiger partial charge in [0.1, 0.15) is 6.10 Å². The molecular weight excluding hydrogens is 320 g/mol. The number of carboxylic acids is 1. The summed E-state index contributed by atoms with van der Waals surface area (Å²) in [5.74, 6) is -2.78. The van der Waals surface area contributed by atoms with Gasteiger partial charge in [-0.25, -0.2) is 9.59 Å². The SMILES string of the molecule is O=C(C=Cc1ccc(O)c(O)c1)O[C@H]1[C@H](O)C=C(C(=O)O)C[C@@H]1O. The number of ether oxygens (including phenoxy) is 1. The number of aliphatic hydroxyl groups is 2. The summed E-state index contributed by atoms with van der Waals surface area (Å²) in [7, 11) is 0. The van der Waals surface area contributed by atoms with E-state index in [0.29, 0.717) is 5.56 Å². The highest BCUT2D eigenvalue weighted by molar-refractivity contribution is 5.88. The fraction of sp³-hybridized carbons (Fsp3) is 0.250. The van der Waals surface area contributed by atoms with E-state index < -0.39 is 30.3 Å². The van der Waals surface area contributed by atoms with Crippen molar-refractivity contribution in [2.75, 3.05) is 0 Å². The largest absolute Gasteiger partial charge is 0.504 e. The highest BCUT2D eigenvalue weighted by Gasteiger charge is 2.35. The molecule has 1 aliphatic rings. The number of rotatable bonds is 4. The quantitative estimate of drug-likeness (QED) is 0.297. The van der Waals surface area contributed by atoms with Gasteiger partial charge in [0.15, 0.2) is 17.6 Å². The lowest BCUT2D eigenvalue weighted by Crippen LogP contribution is -2.44. The third-order valence-corrected chi connectivity index (χ3v) is 3.46. The van der Waals surface area contributed by atoms with Crippen molar-refractivity contribution in [2.24, 2.45) is 0 Å². The van der Waals surface area contributed by atoms with Crippen LogP contribution in [0.2, 0.25) is 0 Å². The van der Waals surface area contributed by atoms with E-state index in [1.807, 2.05) is 0 Å². The molecule has 24 heavy (non-hydrogen) atoms. The van der Waals surface area contributed by atoms with Gasteiger partial charge in [-0.15, -0.1) is 0 Å². The van der Waals surface area contributed by atoms with Gasteiger partial charge in [0, 0.05) is 18.1 Å². The van der Waals surface area contributed by atoms with Crippen LogP contribution in [0, 0.1) is 0 Å². The van der Waals surface area contributed by atoms with Crippen LogP contribution < -0.4 is 0 Å². The molecule has 5 N–H and O–H groups in total. The lowest BCUT2D eigenvalue weighted by atomic mass is 9.92. The van der Waals surface area contributed by atoms with Crippen LogP contribution in [-0.2, 0) is 14.3 Å². The van der Waals surface area contributed by atoms with Gasteiger partial charge in [-0.1, -0.05) is 6.07 Å². The molecule has 0 fully saturated rings. The minimum atomic E-state index is -1.44. The number of aliphatic carboxylic acids is 1. The molecule has 0 unspecified atom stereocenters. The molecule has 0 amide bonds. The molecule has 128 valence electrons. The van der Waals surface area contributed by atoms with E-state index in [9.17, 15) is 30.0 Å². The summed E-state index contributed by atoms with van der Waals surface area (Å²) in [6, 6.07) is 3.92. The summed E-state index contributed by atoms with van der Waals surface area (Å²) < 4.78 is 4.94. The third kappa shape index (κ3) is 4.12. The number of carbonyl (C=O) groups is 2. The average molecular weight is 336 g/mol. The molecule has 1 aromatic rings. The molecule has 8 heteroatoms. The van der Waals surface area contributed by atoms with Gasteiger partial charge in [0.05, 0.1) is 6.10 Å². The smallest absolute Gasteiger partial charge is 0.331 e. The average Bonchev–Trinajstić information content (AvgIpc) is 2.51. The Morgan fingerprint density at radius 3 is 2.46 bits per heavy atom. The van der Waals surface area contributed by atoms with E-state index in [-0.39, 0.29) is 23.5 Å². The van der Waals surface area contributed by atoms with Gasteiger partial charge in [-0.05, 0) is 29.8 Å². The van der Waals surface area contributed by atoms with Crippen LogP contribution >= 0.6 is 0 Å². The molecule has 0 radical (unpaired) electrons. The van der Waals surface area contributed by atoms with E-state index in [4.69, 9.17) is 9.84 Å². The standard InChI is InChI=1S/C16H16O8/c17-10-3-1-8(5-11(10)18)2-4-14(21)24-15-12(19)6-9(16(22)23)7-13(15)20/h1-6,12-13,15,17-20H,7H2,(H,22,23)/t12-,13+,15+/m1/s1. The summed E-state index contributed by atoms with van der Waals surface area (Å²) in [5, 5.41) is 47.0. The number of aliphatic hydroxyl groups excluding tert-OH is 2. The van der Waals surface area contributed by atoms with E-state index in [2.05, 4.69) is 0 Å². The molecule has 3 atom stereocenters. The van der Waals surface area contributed by atoms with Crippen molar-refractivity contribution in [1.82, 2.24) is 0 Å². The number of phenolic OH excluding ortho intramolecular Hbond substituents is 2. The van der Waals surface area contributed by atoms with E-state index in [1.54, 1.807) is 0 Å². The van der Waals surface area contributed by atoms with Crippen LogP contribution in [0.5, 0.6) is 11.5 Å². The summed E-state index contributed by atoms with van der Waals surface area (Å²) in [6.45, 7) is 0. The molecule has 8 nitrogen and oxygen atoms in total. The van der Waals surface area contributed by atoms with Crippen molar-refractivity contribution in [1.29, 1.82) is 0 Å². The molecule has 0 saturated heterocycles. The second kappa shape index (κ2) is 7.16. The highest BCUT2D eigenvalue weighted by atomic mass is 16.6. The maximum atomic E-state index is 11.8. The lowest BCUT2D eigenvalue weighted by molar-refractivity contribution is -0.157. The second-order valence-corrected chi connectivity index (χ2v) is 5.24. The van der Waals surface area contributed by atoms with Crippen molar-refractivity contribution in [3.63, 3.8) is 0 Å². The number of esters is 1. The van der Waals surface area contributed by atoms with Gasteiger partial charge in [0.25, 0.3) is 0 Å². The van der Waals surface area contributed by atoms with E-state index >= 15 is 0 Å². The summed E-state index contributed by atoms with van der Waals surface area (Å²) in [4.78, 5) is 22.6. The minimum absolute atomic E-state index is 0.155. The molecule has 0 aliphatic heterocycles. The van der Waals surface area contributed by atoms with Crippen molar-refractivity contribution < 1.29 is 39.9 Å². The third-order valence-electron chi connectivity index (χ3n) is 3.46. The van der Waals surface area contributed by atoms with Crippen LogP contribution in [0.1, 0.15) is 12.0 Å². The number of phenols is 2. The first kappa shape index (κ1) is 17.5. The number of carbonyl (C=O) groups excluding carboxylic acids is 1. The molecule has 0 saturated carbocycles. The molecule has 0 aromatic heterocycles. The summed E-state index contributed by atoms with van der Waals surface area (Å²) in [6.07, 6.45) is -0.961. The zero-order valence-electron chi connectivity index (χ0n) is 12.4. The first-order valence-corrected chi connectivity index (χ1v) is 6.98. The predicted molar refractivity (Wildman–Crippen MR) is 81.0 cm³/mol. The summed E-state index contributed by atoms with van der Waals surface area (Å²) in [5.41, 5.74) is 0.262. The first-order chi connectivity index (χ1) is 11.3. The fourth-order valence-corrected chi connectivity index (χ4v) is 2.23. The predicted octanol–water partition coefficient (Wildman–Crippen LogP) is 0.159. The lowest BCUT2D eigenvalue weighted by Gasteiger charge is -2.29. The van der Waals surface area contributed by atoms with Gasteiger partial charge in [0.2, 0.25) is 0 Å². The summed E-state index contributed by atoms with van der Waals surface area (Å²) >= 11 is 0. The molecule has 2 rings (SSSR count). The molecular formula is C16H16O8. The number of benzene rings is 1. The van der Waals surface area contributed by atoms with Crippen molar-refractivity contribution >= 4 is 18.0 Å². The van der Waals surface area contributed by atoms with Crippen LogP contribution in [0.15, 0.2) is 35.9 Å². The van der Waals surface area contributed by atoms with E-state index in [1.165, 1.54) is 24.3 Å². The Kier molecular flexibility index (Phi) is 5.22. The highest BCUT2D eigenvalue weighted by Crippen LogP contribution is 2.26. The first-order valence-electron chi connectivity index (χ1n) is 6.98. The zero-order chi connectivity index (χ0) is 17.9. The molecule has 1 aromatic carbocycles. The number of carboxylic acid groups (broad SMARTS) is 1. The van der Waals surface area contributed by atoms with Crippen LogP contribution in [-0.4, -0.2) is 55.8 Å². The molecule has 0 spiro atoms. The Morgan fingerprint density at radius 2 is 1.88 bits per heavy atom. The van der Waals surface area contributed by atoms with Crippen LogP contribution in [0.3, 0.4) is 0 Å². The van der Waals surface area contributed by atoms with E-state index in [0.717, 1.165) is 12.2 Å². The molecule has 0 heterocycles. The Labute approximate surface area is 136 Å². The van der Waals surface area contributed by atoms with Crippen LogP contribution in [0.4, 0.5) is 0 Å². The Hall–Kier alpha value is -2.84. The Morgan fingerprint density at radius 1 is 1.17 bits per heavy atom. The van der Waals surface area contributed by atoms with Gasteiger partial charge in [-0.3, -0.25) is 0 Å². The van der Waals surface area contributed by atoms with Gasteiger partial charge < -0.3 is 30.3 Å². The second-order valence-electron chi connectivity index (χ2n) is 5.24. The van der Waals surface area contributed by atoms with Gasteiger partial charge in [-0.2, -0.15) is 0 Å². The van der Waals surface area contributed by atoms with Gasteiger partial charge >= 0.3 is 11.9 Å². The minimum Gasteiger partial charge on any atom is -0.504 e. The van der Waals surface area contributed by atoms with Crippen molar-refractivity contribution in [3.05, 3.63) is 41.5 Å². The van der Waals surface area contributed by atoms with Crippen molar-refractivity contribution in [3.8, 4) is 11.5 Å². The number of hydrogen-bond donors (Lipinski definition) is 5. The van der Waals surface area contributed by atoms with Crippen molar-refractivity contribution in [2.45, 2.75) is 24.7 Å². The maximum Gasteiger partial charge on any atom is 0.331 e. The maximum absolute atomic E-state index is 11.8. The number of aromatic hydroxyl groups is 2. The number of hydrogen-bond acceptors (Lipinski definition) is 7. The fourth-order valence-electron chi connectivity index (χ4n) is 2.23. The topological polar surface area (TPSA) is 145 Å². The normalized spacial score (nSPS) is 23.8.